The quantitative estimate of drug-likeness (QED) is 0.279. The zero-order chi connectivity index (χ0) is 38.3. The first kappa shape index (κ1) is 39.0. The third kappa shape index (κ3) is 7.08. The van der Waals surface area contributed by atoms with Gasteiger partial charge in [-0.15, -0.1) is 0 Å². The summed E-state index contributed by atoms with van der Waals surface area (Å²) in [6, 6.07) is 0. The zero-order valence-corrected chi connectivity index (χ0v) is 30.2. The number of Topliss-reactive ketones (excluding diaryl/α,β-unsaturated/α-hetero) is 2. The van der Waals surface area contributed by atoms with E-state index in [1.807, 2.05) is 0 Å². The van der Waals surface area contributed by atoms with Gasteiger partial charge in [0.25, 0.3) is 11.7 Å². The normalized spacial score (nSPS) is 34.2. The Bertz CT molecular complexity index is 1790. The smallest absolute Gasteiger partial charge is 0.312 e. The molecule has 3 aliphatic heterocycles. The van der Waals surface area contributed by atoms with Crippen molar-refractivity contribution in [3.05, 3.63) is 64.1 Å². The van der Waals surface area contributed by atoms with Crippen LogP contribution in [0.1, 0.15) is 80.3 Å². The number of benzene rings is 1. The molecule has 51 heavy (non-hydrogen) atoms. The predicted molar refractivity (Wildman–Crippen MR) is 186 cm³/mol. The number of hydrogen-bond donors (Lipinski definition) is 5. The first-order chi connectivity index (χ1) is 23.8. The number of methoxy groups -OCH3 is 1. The number of amides is 1. The van der Waals surface area contributed by atoms with E-state index in [2.05, 4.69) is 4.99 Å². The Balaban J connectivity index is 1.89. The van der Waals surface area contributed by atoms with Gasteiger partial charge in [0.15, 0.2) is 0 Å². The van der Waals surface area contributed by atoms with E-state index in [1.54, 1.807) is 33.8 Å². The SMILES string of the molecule is COC1/C=C/OC2(C)Oc3c(C)c(O)c4c(c3C2=O)C(N)=C(N)C(=NC(=O)/C(C)=C\C=C\C(C)C(O)C(C)C(O)C(C)C(OC(C)=O)C1C)C4=O. The first-order valence-electron chi connectivity index (χ1n) is 16.6. The molecule has 1 amide bonds. The Morgan fingerprint density at radius 3 is 2.20 bits per heavy atom. The minimum Gasteiger partial charge on any atom is -0.507 e. The molecule has 0 fully saturated rings. The number of ketones is 2. The summed E-state index contributed by atoms with van der Waals surface area (Å²) in [5, 5.41) is 33.8. The van der Waals surface area contributed by atoms with Crippen LogP contribution in [0.2, 0.25) is 0 Å². The number of aromatic hydroxyl groups is 1. The number of nitrogens with two attached hydrogens (primary N) is 2. The molecule has 1 aliphatic carbocycles. The van der Waals surface area contributed by atoms with Crippen LogP contribution in [0.25, 0.3) is 5.70 Å². The molecule has 9 atom stereocenters. The monoisotopic (exact) mass is 709 g/mol. The number of phenolic OH excluding ortho intramolecular Hbond substituents is 1. The molecule has 14 heteroatoms. The van der Waals surface area contributed by atoms with Crippen LogP contribution in [-0.4, -0.2) is 81.8 Å². The molecule has 1 aromatic rings. The van der Waals surface area contributed by atoms with E-state index in [0.717, 1.165) is 0 Å². The lowest BCUT2D eigenvalue weighted by atomic mass is 9.78. The molecule has 5 rings (SSSR count). The van der Waals surface area contributed by atoms with Crippen molar-refractivity contribution in [3.63, 3.8) is 0 Å². The topological polar surface area (TPSA) is 230 Å². The highest BCUT2D eigenvalue weighted by Crippen LogP contribution is 2.49. The molecule has 14 nitrogen and oxygen atoms in total. The lowest BCUT2D eigenvalue weighted by molar-refractivity contribution is -0.160. The second-order valence-electron chi connectivity index (χ2n) is 13.6. The molecule has 1 aromatic carbocycles. The minimum atomic E-state index is -2.00. The van der Waals surface area contributed by atoms with Gasteiger partial charge in [0.1, 0.15) is 23.3 Å². The number of ether oxygens (including phenoxy) is 4. The van der Waals surface area contributed by atoms with E-state index >= 15 is 0 Å². The number of rotatable bonds is 2. The number of allylic oxidation sites excluding steroid dienone is 3. The molecule has 0 saturated carbocycles. The average molecular weight is 710 g/mol. The molecule has 4 aliphatic rings. The van der Waals surface area contributed by atoms with Crippen molar-refractivity contribution in [2.24, 2.45) is 40.1 Å². The van der Waals surface area contributed by atoms with E-state index in [0.29, 0.717) is 0 Å². The number of phenols is 1. The fraction of sp³-hybridized carbons (Fsp3) is 0.486. The van der Waals surface area contributed by atoms with E-state index < -0.39 is 88.8 Å². The van der Waals surface area contributed by atoms with Crippen molar-refractivity contribution >= 4 is 34.9 Å². The van der Waals surface area contributed by atoms with Gasteiger partial charge in [-0.3, -0.25) is 19.2 Å². The molecule has 0 radical (unpaired) electrons. The second kappa shape index (κ2) is 14.8. The molecular formula is C37H47N3O11. The van der Waals surface area contributed by atoms with Gasteiger partial charge in [0, 0.05) is 61.3 Å². The van der Waals surface area contributed by atoms with Crippen molar-refractivity contribution in [3.8, 4) is 11.5 Å². The number of nitrogens with zero attached hydrogens (tertiary/aromatic N) is 1. The second-order valence-corrected chi connectivity index (χ2v) is 13.6. The largest absolute Gasteiger partial charge is 0.507 e. The lowest BCUT2D eigenvalue weighted by Gasteiger charge is -2.38. The Kier molecular flexibility index (Phi) is 11.3. The molecule has 9 unspecified atom stereocenters. The van der Waals surface area contributed by atoms with Crippen LogP contribution in [0.3, 0.4) is 0 Å². The number of aliphatic imine (C=N–C) groups is 1. The number of carbonyl (C=O) groups is 4. The number of aliphatic hydroxyl groups excluding tert-OH is 2. The molecule has 3 heterocycles. The van der Waals surface area contributed by atoms with E-state index in [9.17, 15) is 34.5 Å². The summed E-state index contributed by atoms with van der Waals surface area (Å²) in [7, 11) is 1.43. The molecule has 7 N–H and O–H groups in total. The maximum absolute atomic E-state index is 14.0. The van der Waals surface area contributed by atoms with Crippen LogP contribution in [0.4, 0.5) is 0 Å². The number of carbonyl (C=O) groups excluding carboxylic acids is 4. The Morgan fingerprint density at radius 1 is 0.941 bits per heavy atom. The molecule has 0 saturated heterocycles. The lowest BCUT2D eigenvalue weighted by Crippen LogP contribution is -2.46. The first-order valence-corrected chi connectivity index (χ1v) is 16.6. The van der Waals surface area contributed by atoms with E-state index in [-0.39, 0.29) is 45.0 Å². The maximum Gasteiger partial charge on any atom is 0.312 e. The average Bonchev–Trinajstić information content (AvgIpc) is 3.35. The number of aliphatic hydroxyl groups is 2. The fourth-order valence-electron chi connectivity index (χ4n) is 6.72. The molecule has 0 aromatic heterocycles. The van der Waals surface area contributed by atoms with Crippen LogP contribution in [-0.2, 0) is 23.8 Å². The van der Waals surface area contributed by atoms with Gasteiger partial charge in [-0.25, -0.2) is 4.99 Å². The van der Waals surface area contributed by atoms with Gasteiger partial charge in [-0.1, -0.05) is 45.9 Å². The summed E-state index contributed by atoms with van der Waals surface area (Å²) in [6.45, 7) is 12.4. The van der Waals surface area contributed by atoms with Crippen LogP contribution >= 0.6 is 0 Å². The third-order valence-corrected chi connectivity index (χ3v) is 10.0. The van der Waals surface area contributed by atoms with Crippen LogP contribution in [0, 0.1) is 30.6 Å². The summed E-state index contributed by atoms with van der Waals surface area (Å²) in [5.41, 5.74) is 11.0. The molecule has 0 spiro atoms. The molecule has 5 bridgehead atoms. The van der Waals surface area contributed by atoms with Gasteiger partial charge in [-0.05, 0) is 19.9 Å². The van der Waals surface area contributed by atoms with Gasteiger partial charge < -0.3 is 45.7 Å². The van der Waals surface area contributed by atoms with E-state index in [4.69, 9.17) is 30.4 Å². The van der Waals surface area contributed by atoms with Crippen molar-refractivity contribution in [1.29, 1.82) is 0 Å². The molecule has 276 valence electrons. The van der Waals surface area contributed by atoms with Crippen LogP contribution < -0.4 is 16.2 Å². The summed E-state index contributed by atoms with van der Waals surface area (Å²) in [5.74, 6) is -8.14. The van der Waals surface area contributed by atoms with Gasteiger partial charge in [0.2, 0.25) is 5.78 Å². The summed E-state index contributed by atoms with van der Waals surface area (Å²) < 4.78 is 23.2. The highest BCUT2D eigenvalue weighted by atomic mass is 16.7. The highest BCUT2D eigenvalue weighted by Gasteiger charge is 2.51. The number of fused-ring (bicyclic) bond motifs is 13. The summed E-state index contributed by atoms with van der Waals surface area (Å²) in [6.07, 6.45) is 3.44. The van der Waals surface area contributed by atoms with Gasteiger partial charge >= 0.3 is 11.8 Å². The standard InChI is InChI=1S/C37H47N3O11/c1-15-11-10-12-16(2)36(47)40-28-27(39)26(38)23-24(32(28)45)31(44)20(6)34-25(23)35(46)37(8,51-34)49-14-13-22(48-9)17(3)33(50-21(7)41)19(5)30(43)18(4)29(15)42/h10-15,17-19,22,29-30,33,42-44H,38-39H2,1-9H3/b11-10+,14-13+,16-12-,40-28?. The van der Waals surface area contributed by atoms with E-state index in [1.165, 1.54) is 59.3 Å². The third-order valence-electron chi connectivity index (χ3n) is 10.0. The Labute approximate surface area is 296 Å². The minimum absolute atomic E-state index is 0.0399. The fourth-order valence-corrected chi connectivity index (χ4v) is 6.72. The van der Waals surface area contributed by atoms with Crippen LogP contribution in [0.15, 0.2) is 46.8 Å². The number of hydrogen-bond acceptors (Lipinski definition) is 13. The predicted octanol–water partition coefficient (Wildman–Crippen LogP) is 3.00. The van der Waals surface area contributed by atoms with Crippen LogP contribution in [0.5, 0.6) is 11.5 Å². The summed E-state index contributed by atoms with van der Waals surface area (Å²) in [4.78, 5) is 57.1. The highest BCUT2D eigenvalue weighted by molar-refractivity contribution is 6.56. The Hall–Kier alpha value is -4.79. The molecular weight excluding hydrogens is 662 g/mol. The van der Waals surface area contributed by atoms with Crippen molar-refractivity contribution in [2.75, 3.05) is 7.11 Å². The van der Waals surface area contributed by atoms with Crippen molar-refractivity contribution < 1.29 is 53.4 Å². The number of esters is 1. The zero-order valence-electron chi connectivity index (χ0n) is 30.2. The van der Waals surface area contributed by atoms with Gasteiger partial charge in [-0.2, -0.15) is 0 Å². The maximum atomic E-state index is 14.0. The van der Waals surface area contributed by atoms with Crippen molar-refractivity contribution in [1.82, 2.24) is 0 Å². The van der Waals surface area contributed by atoms with Gasteiger partial charge in [0.05, 0.1) is 47.1 Å². The Morgan fingerprint density at radius 2 is 1.59 bits per heavy atom. The van der Waals surface area contributed by atoms with Crippen molar-refractivity contribution in [2.45, 2.75) is 85.6 Å². The summed E-state index contributed by atoms with van der Waals surface area (Å²) >= 11 is 0.